The number of carbonyl (C=O) groups is 4. The van der Waals surface area contributed by atoms with Crippen molar-refractivity contribution < 1.29 is 80.2 Å². The number of ether oxygens (including phenoxy) is 4. The van der Waals surface area contributed by atoms with E-state index in [1.165, 1.54) is 51.4 Å². The molecule has 0 radical (unpaired) electrons. The highest BCUT2D eigenvalue weighted by atomic mass is 31.2. The van der Waals surface area contributed by atoms with Crippen LogP contribution in [0.2, 0.25) is 0 Å². The first kappa shape index (κ1) is 105. The predicted molar refractivity (Wildman–Crippen MR) is 454 cm³/mol. The van der Waals surface area contributed by atoms with Crippen molar-refractivity contribution in [2.45, 2.75) is 354 Å². The Balaban J connectivity index is 5.42. The Morgan fingerprint density at radius 3 is 0.736 bits per heavy atom. The van der Waals surface area contributed by atoms with E-state index in [1.54, 1.807) is 0 Å². The Morgan fingerprint density at radius 1 is 0.264 bits per heavy atom. The molecule has 0 aliphatic carbocycles. The summed E-state index contributed by atoms with van der Waals surface area (Å²) < 4.78 is 68.8. The van der Waals surface area contributed by atoms with Crippen LogP contribution in [-0.2, 0) is 65.4 Å². The zero-order valence-corrected chi connectivity index (χ0v) is 70.7. The molecule has 0 rings (SSSR count). The van der Waals surface area contributed by atoms with Crippen LogP contribution in [0.25, 0.3) is 0 Å². The summed E-state index contributed by atoms with van der Waals surface area (Å²) in [4.78, 5) is 73.3. The number of unbranched alkanes of at least 4 members (excludes halogenated alkanes) is 27. The van der Waals surface area contributed by atoms with Crippen LogP contribution in [0.4, 0.5) is 0 Å². The fourth-order valence-electron chi connectivity index (χ4n) is 11.1. The van der Waals surface area contributed by atoms with Crippen molar-refractivity contribution >= 4 is 39.5 Å². The van der Waals surface area contributed by atoms with Crippen molar-refractivity contribution in [2.75, 3.05) is 39.6 Å². The van der Waals surface area contributed by atoms with E-state index >= 15 is 0 Å². The highest BCUT2D eigenvalue weighted by molar-refractivity contribution is 7.47. The highest BCUT2D eigenvalue weighted by Crippen LogP contribution is 2.45. The monoisotopic (exact) mass is 1580 g/mol. The van der Waals surface area contributed by atoms with Crippen molar-refractivity contribution in [3.05, 3.63) is 158 Å². The smallest absolute Gasteiger partial charge is 0.462 e. The molecule has 0 aromatic heterocycles. The van der Waals surface area contributed by atoms with Gasteiger partial charge in [-0.2, -0.15) is 0 Å². The lowest BCUT2D eigenvalue weighted by Gasteiger charge is -2.21. The van der Waals surface area contributed by atoms with Crippen LogP contribution in [-0.4, -0.2) is 96.7 Å². The van der Waals surface area contributed by atoms with Gasteiger partial charge in [-0.1, -0.05) is 321 Å². The summed E-state index contributed by atoms with van der Waals surface area (Å²) in [6, 6.07) is 0. The third-order valence-corrected chi connectivity index (χ3v) is 19.4. The molecule has 110 heavy (non-hydrogen) atoms. The molecular weight excluding hydrogens is 1430 g/mol. The molecule has 17 nitrogen and oxygen atoms in total. The second kappa shape index (κ2) is 81.7. The first-order valence-electron chi connectivity index (χ1n) is 42.7. The van der Waals surface area contributed by atoms with Crippen LogP contribution in [0, 0.1) is 0 Å². The standard InChI is InChI=1S/C91H152O17P2/c1-5-9-13-17-21-25-29-33-36-39-42-45-48-52-55-59-63-67-71-75-88(93)101-81-86(107-90(95)77-73-69-65-61-57-51-32-28-24-20-16-12-8-4)83-105-109(97,98)103-79-85(92)80-104-110(99,100)106-84-87(108-91(96)78-74-70-66-62-58-54-50-47-44-41-38-35-31-27-23-19-15-11-7-3)82-102-89(94)76-72-68-64-60-56-53-49-46-43-40-37-34-30-26-22-18-14-10-6-2/h9-11,13-15,21-23,25-27,33-38,42-47,53,56,85-87,92H,5-8,12,16-20,24,28-32,39-41,48-52,54-55,57-84H2,1-4H3,(H,97,98)(H,99,100)/b13-9-,14-10-,15-11-,25-21-,26-22-,27-23-,36-33-,37-34-,38-35-,45-42-,46-43-,47-44-,56-53-. The summed E-state index contributed by atoms with van der Waals surface area (Å²) in [5.74, 6) is -2.24. The van der Waals surface area contributed by atoms with E-state index in [9.17, 15) is 43.2 Å². The molecule has 3 N–H and O–H groups in total. The largest absolute Gasteiger partial charge is 0.472 e. The van der Waals surface area contributed by atoms with Gasteiger partial charge in [-0.25, -0.2) is 9.13 Å². The average molecular weight is 1580 g/mol. The minimum atomic E-state index is -5.00. The van der Waals surface area contributed by atoms with Crippen LogP contribution in [0.15, 0.2) is 158 Å². The summed E-state index contributed by atoms with van der Waals surface area (Å²) >= 11 is 0. The van der Waals surface area contributed by atoms with E-state index < -0.39 is 97.5 Å². The normalized spacial score (nSPS) is 14.6. The molecule has 0 heterocycles. The second-order valence-electron chi connectivity index (χ2n) is 28.0. The summed E-state index contributed by atoms with van der Waals surface area (Å²) in [6.07, 6.45) is 96.3. The first-order valence-corrected chi connectivity index (χ1v) is 45.7. The van der Waals surface area contributed by atoms with Crippen molar-refractivity contribution in [2.24, 2.45) is 0 Å². The zero-order valence-electron chi connectivity index (χ0n) is 68.9. The van der Waals surface area contributed by atoms with Crippen LogP contribution < -0.4 is 0 Å². The molecule has 5 unspecified atom stereocenters. The number of phosphoric ester groups is 2. The molecule has 5 atom stereocenters. The van der Waals surface area contributed by atoms with Gasteiger partial charge >= 0.3 is 39.5 Å². The number of carbonyl (C=O) groups excluding carboxylic acids is 4. The molecule has 0 spiro atoms. The van der Waals surface area contributed by atoms with Crippen LogP contribution in [0.1, 0.15) is 336 Å². The lowest BCUT2D eigenvalue weighted by molar-refractivity contribution is -0.161. The van der Waals surface area contributed by atoms with Gasteiger partial charge in [0.2, 0.25) is 0 Å². The summed E-state index contributed by atoms with van der Waals surface area (Å²) in [5.41, 5.74) is 0. The van der Waals surface area contributed by atoms with E-state index in [2.05, 4.69) is 186 Å². The first-order chi connectivity index (χ1) is 53.7. The lowest BCUT2D eigenvalue weighted by Crippen LogP contribution is -2.30. The number of phosphoric acid groups is 2. The maximum absolute atomic E-state index is 13.1. The molecule has 628 valence electrons. The van der Waals surface area contributed by atoms with E-state index in [-0.39, 0.29) is 25.7 Å². The maximum atomic E-state index is 13.1. The maximum Gasteiger partial charge on any atom is 0.472 e. The van der Waals surface area contributed by atoms with Gasteiger partial charge < -0.3 is 33.8 Å². The summed E-state index contributed by atoms with van der Waals surface area (Å²) in [5, 5.41) is 10.7. The number of rotatable bonds is 79. The van der Waals surface area contributed by atoms with Gasteiger partial charge in [-0.05, 0) is 148 Å². The number of esters is 4. The van der Waals surface area contributed by atoms with Crippen molar-refractivity contribution in [3.63, 3.8) is 0 Å². The molecular formula is C91H152O17P2. The van der Waals surface area contributed by atoms with Gasteiger partial charge in [0.1, 0.15) is 19.3 Å². The Kier molecular flexibility index (Phi) is 77.7. The molecule has 0 saturated carbocycles. The van der Waals surface area contributed by atoms with Crippen LogP contribution in [0.3, 0.4) is 0 Å². The highest BCUT2D eigenvalue weighted by Gasteiger charge is 2.30. The van der Waals surface area contributed by atoms with E-state index in [0.717, 1.165) is 205 Å². The Hall–Kier alpha value is -5.32. The molecule has 0 amide bonds. The Bertz CT molecular complexity index is 2700. The van der Waals surface area contributed by atoms with Crippen LogP contribution >= 0.6 is 15.6 Å². The van der Waals surface area contributed by atoms with Gasteiger partial charge in [0.05, 0.1) is 26.4 Å². The van der Waals surface area contributed by atoms with Crippen LogP contribution in [0.5, 0.6) is 0 Å². The number of aliphatic hydroxyl groups is 1. The number of allylic oxidation sites excluding steroid dienone is 26. The van der Waals surface area contributed by atoms with E-state index in [1.807, 2.05) is 0 Å². The van der Waals surface area contributed by atoms with Crippen molar-refractivity contribution in [1.29, 1.82) is 0 Å². The molecule has 0 saturated heterocycles. The van der Waals surface area contributed by atoms with Gasteiger partial charge in [0.25, 0.3) is 0 Å². The molecule has 0 aromatic carbocycles. The van der Waals surface area contributed by atoms with Gasteiger partial charge in [0.15, 0.2) is 12.2 Å². The summed E-state index contributed by atoms with van der Waals surface area (Å²) in [6.45, 7) is 4.50. The topological polar surface area (TPSA) is 237 Å². The second-order valence-corrected chi connectivity index (χ2v) is 30.9. The molecule has 0 aliphatic heterocycles. The molecule has 0 aliphatic rings. The zero-order chi connectivity index (χ0) is 80.3. The minimum absolute atomic E-state index is 0.0663. The number of aliphatic hydroxyl groups excluding tert-OH is 1. The number of hydrogen-bond acceptors (Lipinski definition) is 15. The fourth-order valence-corrected chi connectivity index (χ4v) is 12.7. The SMILES string of the molecule is CC/C=C\C/C=C\C/C=C\C/C=C\C/C=C\CCCCCC(=O)OCC(COP(=O)(O)OCC(O)COP(=O)(O)OCC(COC(=O)CCCCCCCC/C=C\C/C=C\C/C=C\C/C=C\CC)OC(=O)CCCCCCCCCCCCCCC)OC(=O)CCCCCCCC/C=C\C/C=C\C/C=C\C/C=C\CC. The van der Waals surface area contributed by atoms with Gasteiger partial charge in [-0.15, -0.1) is 0 Å². The molecule has 0 fully saturated rings. The minimum Gasteiger partial charge on any atom is -0.462 e. The molecule has 19 heteroatoms. The average Bonchev–Trinajstić information content (AvgIpc) is 0.900. The summed E-state index contributed by atoms with van der Waals surface area (Å²) in [7, 11) is -9.99. The Morgan fingerprint density at radius 2 is 0.473 bits per heavy atom. The van der Waals surface area contributed by atoms with Crippen molar-refractivity contribution in [3.8, 4) is 0 Å². The molecule has 0 bridgehead atoms. The van der Waals surface area contributed by atoms with E-state index in [4.69, 9.17) is 37.0 Å². The fraction of sp³-hybridized carbons (Fsp3) is 0.670. The quantitative estimate of drug-likeness (QED) is 0.0169. The Labute approximate surface area is 668 Å². The predicted octanol–water partition coefficient (Wildman–Crippen LogP) is 25.6. The number of hydrogen-bond donors (Lipinski definition) is 3. The van der Waals surface area contributed by atoms with Gasteiger partial charge in [0, 0.05) is 25.7 Å². The third-order valence-electron chi connectivity index (χ3n) is 17.5. The van der Waals surface area contributed by atoms with Crippen molar-refractivity contribution in [1.82, 2.24) is 0 Å². The van der Waals surface area contributed by atoms with E-state index in [0.29, 0.717) is 25.7 Å². The molecule has 0 aromatic rings. The van der Waals surface area contributed by atoms with Gasteiger partial charge in [-0.3, -0.25) is 37.3 Å². The lowest BCUT2D eigenvalue weighted by atomic mass is 10.0. The third kappa shape index (κ3) is 80.7.